The van der Waals surface area contributed by atoms with Gasteiger partial charge in [-0.3, -0.25) is 0 Å². The zero-order valence-electron chi connectivity index (χ0n) is 17.5. The number of ether oxygens (including phenoxy) is 1. The first-order chi connectivity index (χ1) is 14.6. The molecule has 156 valence electrons. The monoisotopic (exact) mass is 422 g/mol. The minimum Gasteiger partial charge on any atom is -0.466 e. The van der Waals surface area contributed by atoms with E-state index in [4.69, 9.17) is 16.3 Å². The normalized spacial score (nSPS) is 11.5. The van der Waals surface area contributed by atoms with Gasteiger partial charge in [0, 0.05) is 23.4 Å². The number of carbonyl (C=O) groups excluding carboxylic acids is 1. The molecule has 0 aliphatic rings. The van der Waals surface area contributed by atoms with Crippen molar-refractivity contribution in [1.29, 1.82) is 0 Å². The first-order valence-electron chi connectivity index (χ1n) is 10.2. The maximum absolute atomic E-state index is 12.5. The third-order valence-electron chi connectivity index (χ3n) is 5.02. The quantitative estimate of drug-likeness (QED) is 0.327. The number of nitrogens with zero attached hydrogens (tertiary/aromatic N) is 2. The van der Waals surface area contributed by atoms with E-state index < -0.39 is 0 Å². The molecule has 5 heteroatoms. The number of imidazole rings is 1. The van der Waals surface area contributed by atoms with E-state index in [-0.39, 0.29) is 5.97 Å². The number of rotatable bonds is 9. The molecule has 0 unspecified atom stereocenters. The third kappa shape index (κ3) is 5.61. The van der Waals surface area contributed by atoms with Crippen LogP contribution in [-0.4, -0.2) is 22.6 Å². The summed E-state index contributed by atoms with van der Waals surface area (Å²) in [7, 11) is 1.41. The highest BCUT2D eigenvalue weighted by Gasteiger charge is 2.15. The van der Waals surface area contributed by atoms with Gasteiger partial charge in [0.25, 0.3) is 0 Å². The van der Waals surface area contributed by atoms with Gasteiger partial charge in [-0.05, 0) is 29.7 Å². The van der Waals surface area contributed by atoms with Crippen LogP contribution in [0.25, 0.3) is 6.08 Å². The fraction of sp³-hybridized carbons (Fsp3) is 0.280. The summed E-state index contributed by atoms with van der Waals surface area (Å²) in [6, 6.07) is 17.7. The summed E-state index contributed by atoms with van der Waals surface area (Å²) in [4.78, 5) is 17.1. The van der Waals surface area contributed by atoms with Gasteiger partial charge in [0.2, 0.25) is 0 Å². The highest BCUT2D eigenvalue weighted by Crippen LogP contribution is 2.21. The molecule has 0 radical (unpaired) electrons. The molecule has 4 nitrogen and oxygen atoms in total. The van der Waals surface area contributed by atoms with E-state index in [0.717, 1.165) is 46.9 Å². The molecule has 1 aromatic heterocycles. The molecule has 0 aliphatic heterocycles. The van der Waals surface area contributed by atoms with E-state index in [1.165, 1.54) is 7.11 Å². The number of methoxy groups -OCH3 is 1. The lowest BCUT2D eigenvalue weighted by molar-refractivity contribution is -0.136. The third-order valence-corrected chi connectivity index (χ3v) is 5.39. The van der Waals surface area contributed by atoms with Gasteiger partial charge in [-0.25, -0.2) is 9.78 Å². The topological polar surface area (TPSA) is 44.1 Å². The molecule has 3 aromatic rings. The molecule has 0 atom stereocenters. The molecule has 0 fully saturated rings. The second-order valence-electron chi connectivity index (χ2n) is 7.20. The van der Waals surface area contributed by atoms with Crippen molar-refractivity contribution in [2.24, 2.45) is 0 Å². The lowest BCUT2D eigenvalue weighted by Crippen LogP contribution is -2.11. The van der Waals surface area contributed by atoms with E-state index in [1.54, 1.807) is 0 Å². The molecular weight excluding hydrogens is 396 g/mol. The summed E-state index contributed by atoms with van der Waals surface area (Å²) < 4.78 is 7.19. The van der Waals surface area contributed by atoms with Crippen molar-refractivity contribution < 1.29 is 9.53 Å². The summed E-state index contributed by atoms with van der Waals surface area (Å²) in [6.45, 7) is 2.77. The van der Waals surface area contributed by atoms with Crippen LogP contribution in [0.2, 0.25) is 5.02 Å². The van der Waals surface area contributed by atoms with Crippen molar-refractivity contribution in [3.63, 3.8) is 0 Å². The zero-order valence-corrected chi connectivity index (χ0v) is 18.2. The number of halogens is 1. The minimum atomic E-state index is -0.334. The number of carbonyl (C=O) groups is 1. The van der Waals surface area contributed by atoms with Crippen LogP contribution in [-0.2, 0) is 28.9 Å². The standard InChI is InChI=1S/C25H27ClN2O2/c1-3-4-14-24-27-17-22(28(24)18-20-12-8-9-13-23(20)26)16-21(25(29)30-2)15-19-10-6-5-7-11-19/h5-13,16-17H,3-4,14-15,18H2,1-2H3/b21-16-. The first-order valence-corrected chi connectivity index (χ1v) is 10.6. The summed E-state index contributed by atoms with van der Waals surface area (Å²) in [6.07, 6.45) is 7.23. The van der Waals surface area contributed by atoms with Gasteiger partial charge in [0.15, 0.2) is 0 Å². The molecule has 0 saturated heterocycles. The molecule has 2 aromatic carbocycles. The van der Waals surface area contributed by atoms with Crippen LogP contribution < -0.4 is 0 Å². The van der Waals surface area contributed by atoms with Crippen LogP contribution in [0.1, 0.15) is 42.4 Å². The van der Waals surface area contributed by atoms with Crippen molar-refractivity contribution in [2.45, 2.75) is 39.2 Å². The molecule has 30 heavy (non-hydrogen) atoms. The summed E-state index contributed by atoms with van der Waals surface area (Å²) in [5.74, 6) is 0.659. The molecule has 0 amide bonds. The largest absolute Gasteiger partial charge is 0.466 e. The van der Waals surface area contributed by atoms with Gasteiger partial charge in [-0.1, -0.05) is 73.5 Å². The van der Waals surface area contributed by atoms with E-state index >= 15 is 0 Å². The summed E-state index contributed by atoms with van der Waals surface area (Å²) in [5.41, 5.74) is 3.54. The number of benzene rings is 2. The second-order valence-corrected chi connectivity index (χ2v) is 7.61. The van der Waals surface area contributed by atoms with Gasteiger partial charge in [-0.15, -0.1) is 0 Å². The maximum atomic E-state index is 12.5. The number of esters is 1. The van der Waals surface area contributed by atoms with Gasteiger partial charge in [0.1, 0.15) is 5.82 Å². The molecule has 0 saturated carbocycles. The van der Waals surface area contributed by atoms with Crippen LogP contribution >= 0.6 is 11.6 Å². The fourth-order valence-corrected chi connectivity index (χ4v) is 3.56. The van der Waals surface area contributed by atoms with Crippen molar-refractivity contribution in [2.75, 3.05) is 7.11 Å². The Morgan fingerprint density at radius 3 is 2.57 bits per heavy atom. The Bertz CT molecular complexity index is 1010. The number of hydrogen-bond donors (Lipinski definition) is 0. The maximum Gasteiger partial charge on any atom is 0.334 e. The first kappa shape index (κ1) is 21.8. The number of aromatic nitrogens is 2. The van der Waals surface area contributed by atoms with E-state index in [0.29, 0.717) is 18.5 Å². The summed E-state index contributed by atoms with van der Waals surface area (Å²) >= 11 is 6.41. The van der Waals surface area contributed by atoms with E-state index in [1.807, 2.05) is 66.9 Å². The number of aryl methyl sites for hydroxylation is 1. The minimum absolute atomic E-state index is 0.334. The van der Waals surface area contributed by atoms with Crippen molar-refractivity contribution in [3.8, 4) is 0 Å². The smallest absolute Gasteiger partial charge is 0.334 e. The van der Waals surface area contributed by atoms with Gasteiger partial charge < -0.3 is 9.30 Å². The van der Waals surface area contributed by atoms with Crippen molar-refractivity contribution >= 4 is 23.6 Å². The van der Waals surface area contributed by atoms with Crippen LogP contribution in [0.5, 0.6) is 0 Å². The summed E-state index contributed by atoms with van der Waals surface area (Å²) in [5, 5.41) is 0.722. The van der Waals surface area contributed by atoms with Crippen LogP contribution in [0, 0.1) is 0 Å². The molecule has 0 bridgehead atoms. The number of unbranched alkanes of at least 4 members (excludes halogenated alkanes) is 1. The fourth-order valence-electron chi connectivity index (χ4n) is 3.37. The Labute approximate surface area is 183 Å². The molecular formula is C25H27ClN2O2. The van der Waals surface area contributed by atoms with E-state index in [9.17, 15) is 4.79 Å². The molecule has 3 rings (SSSR count). The van der Waals surface area contributed by atoms with Crippen LogP contribution in [0.4, 0.5) is 0 Å². The van der Waals surface area contributed by atoms with Crippen LogP contribution in [0.3, 0.4) is 0 Å². The number of hydrogen-bond acceptors (Lipinski definition) is 3. The van der Waals surface area contributed by atoms with Crippen LogP contribution in [0.15, 0.2) is 66.4 Å². The molecule has 1 heterocycles. The average Bonchev–Trinajstić information content (AvgIpc) is 3.14. The predicted octanol–water partition coefficient (Wildman–Crippen LogP) is 5.73. The molecule has 0 N–H and O–H groups in total. The molecule has 0 aliphatic carbocycles. The lowest BCUT2D eigenvalue weighted by atomic mass is 10.0. The Hall–Kier alpha value is -2.85. The highest BCUT2D eigenvalue weighted by atomic mass is 35.5. The van der Waals surface area contributed by atoms with Crippen molar-refractivity contribution in [1.82, 2.24) is 9.55 Å². The predicted molar refractivity (Wildman–Crippen MR) is 122 cm³/mol. The highest BCUT2D eigenvalue weighted by molar-refractivity contribution is 6.31. The average molecular weight is 423 g/mol. The Kier molecular flexibility index (Phi) is 7.86. The van der Waals surface area contributed by atoms with Gasteiger partial charge in [-0.2, -0.15) is 0 Å². The van der Waals surface area contributed by atoms with E-state index in [2.05, 4.69) is 16.5 Å². The molecule has 0 spiro atoms. The van der Waals surface area contributed by atoms with Gasteiger partial charge >= 0.3 is 5.97 Å². The SMILES string of the molecule is CCCCc1ncc(/C=C(/Cc2ccccc2)C(=O)OC)n1Cc1ccccc1Cl. The Morgan fingerprint density at radius 2 is 1.87 bits per heavy atom. The Balaban J connectivity index is 2.00. The second kappa shape index (κ2) is 10.8. The van der Waals surface area contributed by atoms with Crippen molar-refractivity contribution in [3.05, 3.63) is 94.0 Å². The zero-order chi connectivity index (χ0) is 21.3. The van der Waals surface area contributed by atoms with Gasteiger partial charge in [0.05, 0.1) is 25.5 Å². The lowest BCUT2D eigenvalue weighted by Gasteiger charge is -2.13. The Morgan fingerprint density at radius 1 is 1.13 bits per heavy atom.